The third kappa shape index (κ3) is 1.62. The molecule has 16 heavy (non-hydrogen) atoms. The van der Waals surface area contributed by atoms with Gasteiger partial charge in [0.15, 0.2) is 0 Å². The van der Waals surface area contributed by atoms with E-state index in [0.717, 1.165) is 18.1 Å². The van der Waals surface area contributed by atoms with Crippen LogP contribution in [0.1, 0.15) is 25.5 Å². The van der Waals surface area contributed by atoms with Gasteiger partial charge in [0.2, 0.25) is 0 Å². The normalized spacial score (nSPS) is 17.6. The first-order valence-electron chi connectivity index (χ1n) is 5.58. The van der Waals surface area contributed by atoms with E-state index in [2.05, 4.69) is 27.3 Å². The highest BCUT2D eigenvalue weighted by atomic mass is 15.3. The summed E-state index contributed by atoms with van der Waals surface area (Å²) in [6.45, 7) is 5.26. The molecular weight excluding hydrogens is 202 g/mol. The zero-order chi connectivity index (χ0) is 11.2. The van der Waals surface area contributed by atoms with E-state index in [0.29, 0.717) is 11.2 Å². The SMILES string of the molecule is Cc1cc(NCC2(C)CC2)n2ncnc2n1. The van der Waals surface area contributed by atoms with Crippen molar-refractivity contribution >= 4 is 11.6 Å². The third-order valence-corrected chi connectivity index (χ3v) is 3.18. The fourth-order valence-corrected chi connectivity index (χ4v) is 1.75. The maximum Gasteiger partial charge on any atom is 0.254 e. The first-order valence-corrected chi connectivity index (χ1v) is 5.58. The standard InChI is InChI=1S/C11H15N5/c1-8-5-9(12-6-11(2)3-4-11)16-10(15-8)13-7-14-16/h5,7,12H,3-4,6H2,1-2H3. The monoisotopic (exact) mass is 217 g/mol. The van der Waals surface area contributed by atoms with Crippen LogP contribution in [-0.2, 0) is 0 Å². The van der Waals surface area contributed by atoms with Gasteiger partial charge in [-0.15, -0.1) is 0 Å². The Kier molecular flexibility index (Phi) is 1.89. The van der Waals surface area contributed by atoms with Gasteiger partial charge in [0.25, 0.3) is 5.78 Å². The minimum atomic E-state index is 0.476. The van der Waals surface area contributed by atoms with E-state index in [4.69, 9.17) is 0 Å². The average molecular weight is 217 g/mol. The summed E-state index contributed by atoms with van der Waals surface area (Å²) in [7, 11) is 0. The second-order valence-electron chi connectivity index (χ2n) is 4.92. The lowest BCUT2D eigenvalue weighted by molar-refractivity contribution is 0.607. The Morgan fingerprint density at radius 1 is 1.50 bits per heavy atom. The second-order valence-corrected chi connectivity index (χ2v) is 4.92. The van der Waals surface area contributed by atoms with Crippen LogP contribution < -0.4 is 5.32 Å². The van der Waals surface area contributed by atoms with Crippen molar-refractivity contribution in [2.75, 3.05) is 11.9 Å². The van der Waals surface area contributed by atoms with E-state index in [9.17, 15) is 0 Å². The fraction of sp³-hybridized carbons (Fsp3) is 0.545. The maximum atomic E-state index is 4.31. The first kappa shape index (κ1) is 9.57. The van der Waals surface area contributed by atoms with E-state index in [1.807, 2.05) is 13.0 Å². The van der Waals surface area contributed by atoms with Crippen molar-refractivity contribution < 1.29 is 0 Å². The number of aryl methyl sites for hydroxylation is 1. The average Bonchev–Trinajstić information content (AvgIpc) is 2.79. The van der Waals surface area contributed by atoms with Gasteiger partial charge in [0, 0.05) is 18.3 Å². The summed E-state index contributed by atoms with van der Waals surface area (Å²) < 4.78 is 1.75. The summed E-state index contributed by atoms with van der Waals surface area (Å²) in [6, 6.07) is 2.01. The van der Waals surface area contributed by atoms with Crippen molar-refractivity contribution in [3.05, 3.63) is 18.1 Å². The molecule has 0 unspecified atom stereocenters. The summed E-state index contributed by atoms with van der Waals surface area (Å²) in [6.07, 6.45) is 4.15. The van der Waals surface area contributed by atoms with Crippen molar-refractivity contribution in [1.82, 2.24) is 19.6 Å². The largest absolute Gasteiger partial charge is 0.369 e. The van der Waals surface area contributed by atoms with Crippen molar-refractivity contribution in [2.45, 2.75) is 26.7 Å². The molecule has 1 aliphatic carbocycles. The number of hydrogen-bond acceptors (Lipinski definition) is 4. The summed E-state index contributed by atoms with van der Waals surface area (Å²) >= 11 is 0. The van der Waals surface area contributed by atoms with E-state index < -0.39 is 0 Å². The molecule has 0 aliphatic heterocycles. The van der Waals surface area contributed by atoms with Gasteiger partial charge in [-0.25, -0.2) is 4.98 Å². The van der Waals surface area contributed by atoms with E-state index in [1.54, 1.807) is 4.52 Å². The summed E-state index contributed by atoms with van der Waals surface area (Å²) in [5.41, 5.74) is 1.44. The number of rotatable bonds is 3. The number of anilines is 1. The Morgan fingerprint density at radius 3 is 3.06 bits per heavy atom. The molecule has 0 atom stereocenters. The molecule has 0 aromatic carbocycles. The van der Waals surface area contributed by atoms with Gasteiger partial charge in [-0.3, -0.25) is 0 Å². The highest BCUT2D eigenvalue weighted by Crippen LogP contribution is 2.44. The number of hydrogen-bond donors (Lipinski definition) is 1. The minimum Gasteiger partial charge on any atom is -0.369 e. The zero-order valence-electron chi connectivity index (χ0n) is 9.56. The van der Waals surface area contributed by atoms with Crippen LogP contribution in [0.4, 0.5) is 5.82 Å². The van der Waals surface area contributed by atoms with Crippen LogP contribution >= 0.6 is 0 Å². The topological polar surface area (TPSA) is 55.1 Å². The molecule has 3 rings (SSSR count). The Morgan fingerprint density at radius 2 is 2.31 bits per heavy atom. The Bertz CT molecular complexity index is 526. The molecule has 0 bridgehead atoms. The maximum absolute atomic E-state index is 4.31. The zero-order valence-corrected chi connectivity index (χ0v) is 9.56. The molecule has 84 valence electrons. The predicted molar refractivity (Wildman–Crippen MR) is 61.3 cm³/mol. The minimum absolute atomic E-state index is 0.476. The highest BCUT2D eigenvalue weighted by Gasteiger charge is 2.36. The smallest absolute Gasteiger partial charge is 0.254 e. The molecule has 2 heterocycles. The molecule has 1 fully saturated rings. The van der Waals surface area contributed by atoms with Crippen molar-refractivity contribution in [1.29, 1.82) is 0 Å². The van der Waals surface area contributed by atoms with Crippen molar-refractivity contribution in [2.24, 2.45) is 5.41 Å². The lowest BCUT2D eigenvalue weighted by Crippen LogP contribution is -2.14. The van der Waals surface area contributed by atoms with Crippen molar-refractivity contribution in [3.8, 4) is 0 Å². The molecule has 2 aromatic rings. The number of aromatic nitrogens is 4. The van der Waals surface area contributed by atoms with Crippen LogP contribution in [0.2, 0.25) is 0 Å². The van der Waals surface area contributed by atoms with Gasteiger partial charge < -0.3 is 5.32 Å². The third-order valence-electron chi connectivity index (χ3n) is 3.18. The number of nitrogens with zero attached hydrogens (tertiary/aromatic N) is 4. The summed E-state index contributed by atoms with van der Waals surface area (Å²) in [5, 5.41) is 7.60. The summed E-state index contributed by atoms with van der Waals surface area (Å²) in [4.78, 5) is 8.41. The second kappa shape index (κ2) is 3.17. The van der Waals surface area contributed by atoms with Crippen molar-refractivity contribution in [3.63, 3.8) is 0 Å². The predicted octanol–water partition coefficient (Wildman–Crippen LogP) is 1.64. The van der Waals surface area contributed by atoms with Gasteiger partial charge in [-0.2, -0.15) is 14.6 Å². The molecule has 0 spiro atoms. The molecule has 0 saturated heterocycles. The fourth-order valence-electron chi connectivity index (χ4n) is 1.75. The Hall–Kier alpha value is -1.65. The lowest BCUT2D eigenvalue weighted by Gasteiger charge is -2.12. The Labute approximate surface area is 93.9 Å². The van der Waals surface area contributed by atoms with Gasteiger partial charge in [0.1, 0.15) is 12.1 Å². The van der Waals surface area contributed by atoms with E-state index in [-0.39, 0.29) is 0 Å². The van der Waals surface area contributed by atoms with Gasteiger partial charge in [-0.1, -0.05) is 6.92 Å². The molecule has 1 saturated carbocycles. The molecule has 1 N–H and O–H groups in total. The van der Waals surface area contributed by atoms with E-state index >= 15 is 0 Å². The number of nitrogens with one attached hydrogen (secondary N) is 1. The van der Waals surface area contributed by atoms with Crippen LogP contribution in [0.25, 0.3) is 5.78 Å². The van der Waals surface area contributed by atoms with E-state index in [1.165, 1.54) is 19.2 Å². The van der Waals surface area contributed by atoms with Crippen LogP contribution in [0.3, 0.4) is 0 Å². The molecule has 0 radical (unpaired) electrons. The van der Waals surface area contributed by atoms with Gasteiger partial charge in [0.05, 0.1) is 0 Å². The van der Waals surface area contributed by atoms with Crippen LogP contribution in [0.5, 0.6) is 0 Å². The highest BCUT2D eigenvalue weighted by molar-refractivity contribution is 5.44. The number of fused-ring (bicyclic) bond motifs is 1. The quantitative estimate of drug-likeness (QED) is 0.849. The van der Waals surface area contributed by atoms with Crippen LogP contribution in [-0.4, -0.2) is 26.1 Å². The summed E-state index contributed by atoms with van der Waals surface area (Å²) in [5.74, 6) is 1.64. The molecule has 5 nitrogen and oxygen atoms in total. The first-order chi connectivity index (χ1) is 7.66. The molecule has 1 aliphatic rings. The molecule has 5 heteroatoms. The van der Waals surface area contributed by atoms with Crippen LogP contribution in [0, 0.1) is 12.3 Å². The van der Waals surface area contributed by atoms with Gasteiger partial charge in [-0.05, 0) is 25.2 Å². The lowest BCUT2D eigenvalue weighted by atomic mass is 10.1. The molecule has 2 aromatic heterocycles. The molecule has 0 amide bonds. The van der Waals surface area contributed by atoms with Crippen LogP contribution in [0.15, 0.2) is 12.4 Å². The molecular formula is C11H15N5. The van der Waals surface area contributed by atoms with Gasteiger partial charge >= 0.3 is 0 Å². The Balaban J connectivity index is 1.92.